The summed E-state index contributed by atoms with van der Waals surface area (Å²) in [5.74, 6) is -0.275. The van der Waals surface area contributed by atoms with Gasteiger partial charge in [0.15, 0.2) is 5.96 Å². The number of rotatable bonds is 8. The van der Waals surface area contributed by atoms with Gasteiger partial charge in [0.1, 0.15) is 6.04 Å². The van der Waals surface area contributed by atoms with Gasteiger partial charge in [-0.05, 0) is 36.0 Å². The Bertz CT molecular complexity index is 909. The van der Waals surface area contributed by atoms with Crippen molar-refractivity contribution in [2.24, 2.45) is 22.2 Å². The number of guanidine groups is 1. The summed E-state index contributed by atoms with van der Waals surface area (Å²) in [5, 5.41) is 2.94. The molecular weight excluding hydrogens is 392 g/mol. The van der Waals surface area contributed by atoms with Gasteiger partial charge in [-0.25, -0.2) is 4.99 Å². The topological polar surface area (TPSA) is 140 Å². The standard InChI is InChI=1S/C23H30N6O2/c24-19(13-16-5-2-1-3-6-16)22(31)29-12-4-7-20(29)21(30)27-14-17-8-10-18(11-9-17)15-28-23(25)26/h1-3,5-6,8-11,19-20H,4,7,12-15,24H2,(H,27,30)(H4,25,26,28)/t19-,20+/m1/s1. The summed E-state index contributed by atoms with van der Waals surface area (Å²) in [7, 11) is 0. The maximum atomic E-state index is 12.9. The van der Waals surface area contributed by atoms with Gasteiger partial charge in [0.2, 0.25) is 11.8 Å². The van der Waals surface area contributed by atoms with E-state index in [4.69, 9.17) is 17.2 Å². The van der Waals surface area contributed by atoms with Crippen LogP contribution in [0.4, 0.5) is 0 Å². The van der Waals surface area contributed by atoms with Crippen LogP contribution >= 0.6 is 0 Å². The van der Waals surface area contributed by atoms with Crippen molar-refractivity contribution >= 4 is 17.8 Å². The summed E-state index contributed by atoms with van der Waals surface area (Å²) in [6, 6.07) is 16.2. The van der Waals surface area contributed by atoms with Crippen molar-refractivity contribution in [2.75, 3.05) is 6.54 Å². The molecule has 0 unspecified atom stereocenters. The monoisotopic (exact) mass is 422 g/mol. The first-order valence-corrected chi connectivity index (χ1v) is 10.4. The number of nitrogens with zero attached hydrogens (tertiary/aromatic N) is 2. The molecule has 0 aliphatic carbocycles. The summed E-state index contributed by atoms with van der Waals surface area (Å²) in [6.45, 7) is 1.35. The van der Waals surface area contributed by atoms with Crippen molar-refractivity contribution in [1.29, 1.82) is 0 Å². The van der Waals surface area contributed by atoms with Crippen LogP contribution in [0.1, 0.15) is 29.5 Å². The summed E-state index contributed by atoms with van der Waals surface area (Å²) in [5.41, 5.74) is 19.8. The molecule has 7 N–H and O–H groups in total. The quantitative estimate of drug-likeness (QED) is 0.365. The summed E-state index contributed by atoms with van der Waals surface area (Å²) in [4.78, 5) is 31.2. The Morgan fingerprint density at radius 1 is 1.03 bits per heavy atom. The minimum atomic E-state index is -0.659. The molecule has 2 amide bonds. The fourth-order valence-electron chi connectivity index (χ4n) is 3.72. The van der Waals surface area contributed by atoms with E-state index >= 15 is 0 Å². The van der Waals surface area contributed by atoms with Crippen molar-refractivity contribution in [3.8, 4) is 0 Å². The average Bonchev–Trinajstić information content (AvgIpc) is 3.27. The van der Waals surface area contributed by atoms with Crippen LogP contribution in [-0.4, -0.2) is 41.3 Å². The molecule has 0 aromatic heterocycles. The van der Waals surface area contributed by atoms with Gasteiger partial charge in [-0.1, -0.05) is 54.6 Å². The number of aliphatic imine (C=N–C) groups is 1. The fourth-order valence-corrected chi connectivity index (χ4v) is 3.72. The zero-order chi connectivity index (χ0) is 22.2. The third-order valence-corrected chi connectivity index (χ3v) is 5.39. The van der Waals surface area contributed by atoms with Crippen molar-refractivity contribution in [3.05, 3.63) is 71.3 Å². The molecule has 0 bridgehead atoms. The van der Waals surface area contributed by atoms with Gasteiger partial charge in [0.05, 0.1) is 12.6 Å². The second-order valence-electron chi connectivity index (χ2n) is 7.76. The van der Waals surface area contributed by atoms with Crippen LogP contribution in [0.2, 0.25) is 0 Å². The Morgan fingerprint density at radius 3 is 2.39 bits per heavy atom. The van der Waals surface area contributed by atoms with Crippen LogP contribution < -0.4 is 22.5 Å². The highest BCUT2D eigenvalue weighted by Gasteiger charge is 2.35. The normalized spacial score (nSPS) is 16.5. The van der Waals surface area contributed by atoms with E-state index in [0.717, 1.165) is 23.1 Å². The molecule has 1 saturated heterocycles. The lowest BCUT2D eigenvalue weighted by atomic mass is 10.1. The largest absolute Gasteiger partial charge is 0.370 e. The summed E-state index contributed by atoms with van der Waals surface area (Å²) >= 11 is 0. The molecule has 31 heavy (non-hydrogen) atoms. The predicted molar refractivity (Wildman–Crippen MR) is 121 cm³/mol. The van der Waals surface area contributed by atoms with E-state index in [1.54, 1.807) is 4.90 Å². The molecule has 3 rings (SSSR count). The molecule has 0 spiro atoms. The van der Waals surface area contributed by atoms with Gasteiger partial charge in [-0.15, -0.1) is 0 Å². The minimum absolute atomic E-state index is 0.0514. The molecule has 2 aromatic carbocycles. The lowest BCUT2D eigenvalue weighted by molar-refractivity contribution is -0.139. The zero-order valence-corrected chi connectivity index (χ0v) is 17.5. The van der Waals surface area contributed by atoms with Crippen molar-refractivity contribution in [2.45, 2.75) is 44.4 Å². The maximum Gasteiger partial charge on any atom is 0.243 e. The predicted octanol–water partition coefficient (Wildman–Crippen LogP) is 0.637. The summed E-state index contributed by atoms with van der Waals surface area (Å²) < 4.78 is 0. The number of likely N-dealkylation sites (tertiary alicyclic amines) is 1. The third-order valence-electron chi connectivity index (χ3n) is 5.39. The first-order chi connectivity index (χ1) is 14.9. The highest BCUT2D eigenvalue weighted by molar-refractivity contribution is 5.90. The molecule has 164 valence electrons. The Labute approximate surface area is 182 Å². The van der Waals surface area contributed by atoms with Gasteiger partial charge in [0.25, 0.3) is 0 Å². The zero-order valence-electron chi connectivity index (χ0n) is 17.5. The second kappa shape index (κ2) is 10.6. The number of amides is 2. The van der Waals surface area contributed by atoms with Gasteiger partial charge >= 0.3 is 0 Å². The molecule has 1 aliphatic heterocycles. The Balaban J connectivity index is 1.53. The molecule has 1 heterocycles. The highest BCUT2D eigenvalue weighted by Crippen LogP contribution is 2.19. The molecule has 8 nitrogen and oxygen atoms in total. The van der Waals surface area contributed by atoms with Gasteiger partial charge in [-0.3, -0.25) is 9.59 Å². The number of nitrogens with one attached hydrogen (secondary N) is 1. The van der Waals surface area contributed by atoms with Crippen LogP contribution in [0.15, 0.2) is 59.6 Å². The van der Waals surface area contributed by atoms with Crippen LogP contribution in [0.3, 0.4) is 0 Å². The molecule has 2 atom stereocenters. The van der Waals surface area contributed by atoms with Crippen molar-refractivity contribution in [3.63, 3.8) is 0 Å². The number of hydrogen-bond acceptors (Lipinski definition) is 4. The lowest BCUT2D eigenvalue weighted by Crippen LogP contribution is -2.51. The fraction of sp³-hybridized carbons (Fsp3) is 0.348. The first-order valence-electron chi connectivity index (χ1n) is 10.4. The van der Waals surface area contributed by atoms with E-state index in [0.29, 0.717) is 32.5 Å². The van der Waals surface area contributed by atoms with Crippen LogP contribution in [0.5, 0.6) is 0 Å². The molecular formula is C23H30N6O2. The Hall–Kier alpha value is -3.39. The van der Waals surface area contributed by atoms with Crippen molar-refractivity contribution in [1.82, 2.24) is 10.2 Å². The Kier molecular flexibility index (Phi) is 7.61. The molecule has 1 fully saturated rings. The Morgan fingerprint density at radius 2 is 1.71 bits per heavy atom. The first kappa shape index (κ1) is 22.3. The van der Waals surface area contributed by atoms with E-state index < -0.39 is 12.1 Å². The van der Waals surface area contributed by atoms with Crippen LogP contribution in [0.25, 0.3) is 0 Å². The van der Waals surface area contributed by atoms with Gasteiger partial charge in [-0.2, -0.15) is 0 Å². The number of carbonyl (C=O) groups is 2. The number of hydrogen-bond donors (Lipinski definition) is 4. The second-order valence-corrected chi connectivity index (χ2v) is 7.76. The third kappa shape index (κ3) is 6.29. The SMILES string of the molecule is NC(N)=NCc1ccc(CNC(=O)[C@@H]2CCCN2C(=O)[C@H](N)Cc2ccccc2)cc1. The number of carbonyl (C=O) groups excluding carboxylic acids is 2. The molecule has 0 radical (unpaired) electrons. The molecule has 2 aromatic rings. The van der Waals surface area contributed by atoms with Gasteiger partial charge < -0.3 is 27.4 Å². The van der Waals surface area contributed by atoms with E-state index in [1.807, 2.05) is 54.6 Å². The highest BCUT2D eigenvalue weighted by atomic mass is 16.2. The average molecular weight is 423 g/mol. The van der Waals surface area contributed by atoms with Crippen molar-refractivity contribution < 1.29 is 9.59 Å². The lowest BCUT2D eigenvalue weighted by Gasteiger charge is -2.26. The maximum absolute atomic E-state index is 12.9. The number of nitrogens with two attached hydrogens (primary N) is 3. The molecule has 0 saturated carbocycles. The van der Waals surface area contributed by atoms with Crippen LogP contribution in [-0.2, 0) is 29.1 Å². The summed E-state index contributed by atoms with van der Waals surface area (Å²) in [6.07, 6.45) is 1.89. The van der Waals surface area contributed by atoms with Gasteiger partial charge in [0, 0.05) is 13.1 Å². The van der Waals surface area contributed by atoms with E-state index in [9.17, 15) is 9.59 Å². The van der Waals surface area contributed by atoms with Crippen LogP contribution in [0, 0.1) is 0 Å². The molecule has 8 heteroatoms. The van der Waals surface area contributed by atoms with E-state index in [2.05, 4.69) is 10.3 Å². The number of benzene rings is 2. The van der Waals surface area contributed by atoms with E-state index in [1.165, 1.54) is 0 Å². The van der Waals surface area contributed by atoms with E-state index in [-0.39, 0.29) is 17.8 Å². The minimum Gasteiger partial charge on any atom is -0.370 e. The molecule has 1 aliphatic rings. The smallest absolute Gasteiger partial charge is 0.243 e.